The summed E-state index contributed by atoms with van der Waals surface area (Å²) in [6, 6.07) is 0. The summed E-state index contributed by atoms with van der Waals surface area (Å²) in [6.07, 6.45) is 5.83. The quantitative estimate of drug-likeness (QED) is 0.562. The molecule has 1 fully saturated rings. The maximum atomic E-state index is 12.4. The molecule has 21 heavy (non-hydrogen) atoms. The lowest BCUT2D eigenvalue weighted by atomic mass is 10.3. The van der Waals surface area contributed by atoms with Crippen molar-refractivity contribution in [2.24, 2.45) is 0 Å². The van der Waals surface area contributed by atoms with Gasteiger partial charge in [-0.15, -0.1) is 0 Å². The Bertz CT molecular complexity index is 423. The zero-order chi connectivity index (χ0) is 15.9. The minimum Gasteiger partial charge on any atom is -0.259 e. The van der Waals surface area contributed by atoms with Crippen molar-refractivity contribution in [3.8, 4) is 0 Å². The summed E-state index contributed by atoms with van der Waals surface area (Å²) < 4.78 is 48.4. The minimum atomic E-state index is -3.18. The Balaban J connectivity index is 2.65. The highest BCUT2D eigenvalue weighted by atomic mass is 32.2. The van der Waals surface area contributed by atoms with Crippen LogP contribution >= 0.6 is 0 Å². The molecule has 0 saturated carbocycles. The first-order valence-corrected chi connectivity index (χ1v) is 12.4. The predicted octanol–water partition coefficient (Wildman–Crippen LogP) is 2.03. The Morgan fingerprint density at radius 2 is 1.19 bits per heavy atom. The summed E-state index contributed by atoms with van der Waals surface area (Å²) in [5.74, 6) is 0.985. The zero-order valence-corrected chi connectivity index (χ0v) is 15.5. The van der Waals surface area contributed by atoms with E-state index in [0.717, 1.165) is 38.5 Å². The molecule has 0 bridgehead atoms. The number of hydrogen-bond acceptors (Lipinski definition) is 4. The SMILES string of the molecule is CCCCC[S@](=O)[C@H]1CS(=O)(=O)C[C@@H]1[S@@](=O)CCCCC. The van der Waals surface area contributed by atoms with Crippen LogP contribution in [0, 0.1) is 0 Å². The van der Waals surface area contributed by atoms with Crippen molar-refractivity contribution >= 4 is 31.4 Å². The van der Waals surface area contributed by atoms with Gasteiger partial charge in [0, 0.05) is 33.1 Å². The van der Waals surface area contributed by atoms with Gasteiger partial charge in [0.2, 0.25) is 0 Å². The van der Waals surface area contributed by atoms with E-state index < -0.39 is 41.9 Å². The van der Waals surface area contributed by atoms with E-state index in [2.05, 4.69) is 13.8 Å². The van der Waals surface area contributed by atoms with Crippen LogP contribution in [0.4, 0.5) is 0 Å². The molecule has 0 aromatic rings. The monoisotopic (exact) mass is 356 g/mol. The Kier molecular flexibility index (Phi) is 8.64. The first-order valence-electron chi connectivity index (χ1n) is 7.86. The maximum absolute atomic E-state index is 12.4. The van der Waals surface area contributed by atoms with Crippen molar-refractivity contribution in [3.63, 3.8) is 0 Å². The molecule has 4 atom stereocenters. The van der Waals surface area contributed by atoms with Gasteiger partial charge in [-0.05, 0) is 12.8 Å². The molecule has 0 aromatic carbocycles. The summed E-state index contributed by atoms with van der Waals surface area (Å²) >= 11 is 0. The third-order valence-electron chi connectivity index (χ3n) is 3.82. The molecule has 0 radical (unpaired) electrons. The molecule has 126 valence electrons. The number of sulfone groups is 1. The highest BCUT2D eigenvalue weighted by Crippen LogP contribution is 2.24. The van der Waals surface area contributed by atoms with Gasteiger partial charge in [0.15, 0.2) is 9.84 Å². The highest BCUT2D eigenvalue weighted by Gasteiger charge is 2.43. The van der Waals surface area contributed by atoms with E-state index in [1.807, 2.05) is 0 Å². The van der Waals surface area contributed by atoms with E-state index in [4.69, 9.17) is 0 Å². The van der Waals surface area contributed by atoms with Gasteiger partial charge >= 0.3 is 0 Å². The standard InChI is InChI=1S/C14H28O4S3/c1-3-5-7-9-19(15)13-11-21(17,18)12-14(13)20(16)10-8-6-4-2/h13-14H,3-12H2,1-2H3/t13-,14-,19-,20-/m0/s1. The van der Waals surface area contributed by atoms with Crippen LogP contribution < -0.4 is 0 Å². The largest absolute Gasteiger partial charge is 0.259 e. The molecule has 0 spiro atoms. The van der Waals surface area contributed by atoms with Crippen molar-refractivity contribution in [2.75, 3.05) is 23.0 Å². The summed E-state index contributed by atoms with van der Waals surface area (Å²) in [4.78, 5) is 0. The third-order valence-corrected chi connectivity index (χ3v) is 9.88. The topological polar surface area (TPSA) is 68.3 Å². The van der Waals surface area contributed by atoms with E-state index in [1.54, 1.807) is 0 Å². The smallest absolute Gasteiger partial charge is 0.152 e. The third kappa shape index (κ3) is 6.48. The lowest BCUT2D eigenvalue weighted by Gasteiger charge is -2.17. The van der Waals surface area contributed by atoms with Crippen molar-refractivity contribution < 1.29 is 16.8 Å². The summed E-state index contributed by atoms with van der Waals surface area (Å²) in [7, 11) is -5.53. The molecule has 0 aliphatic carbocycles. The van der Waals surface area contributed by atoms with E-state index >= 15 is 0 Å². The second-order valence-corrected chi connectivity index (χ2v) is 11.4. The molecule has 0 amide bonds. The van der Waals surface area contributed by atoms with E-state index in [0.29, 0.717) is 11.5 Å². The first kappa shape index (κ1) is 19.3. The van der Waals surface area contributed by atoms with Crippen LogP contribution in [0.25, 0.3) is 0 Å². The molecule has 0 aromatic heterocycles. The fourth-order valence-corrected chi connectivity index (χ4v) is 10.1. The molecule has 1 saturated heterocycles. The fourth-order valence-electron chi connectivity index (χ4n) is 2.56. The molecular formula is C14H28O4S3. The maximum Gasteiger partial charge on any atom is 0.152 e. The van der Waals surface area contributed by atoms with Crippen LogP contribution in [0.1, 0.15) is 52.4 Å². The van der Waals surface area contributed by atoms with Crippen LogP contribution in [0.2, 0.25) is 0 Å². The molecule has 1 aliphatic rings. The average Bonchev–Trinajstić information content (AvgIpc) is 2.75. The molecule has 1 aliphatic heterocycles. The lowest BCUT2D eigenvalue weighted by molar-refractivity contribution is 0.602. The van der Waals surface area contributed by atoms with Gasteiger partial charge in [-0.3, -0.25) is 8.42 Å². The molecule has 7 heteroatoms. The van der Waals surface area contributed by atoms with E-state index in [9.17, 15) is 16.8 Å². The van der Waals surface area contributed by atoms with Crippen molar-refractivity contribution in [3.05, 3.63) is 0 Å². The van der Waals surface area contributed by atoms with Crippen molar-refractivity contribution in [2.45, 2.75) is 62.9 Å². The first-order chi connectivity index (χ1) is 9.91. The second kappa shape index (κ2) is 9.40. The van der Waals surface area contributed by atoms with Crippen LogP contribution in [-0.4, -0.2) is 50.3 Å². The Labute approximate surface area is 134 Å². The fraction of sp³-hybridized carbons (Fsp3) is 1.00. The van der Waals surface area contributed by atoms with Crippen LogP contribution in [0.15, 0.2) is 0 Å². The Hall–Kier alpha value is 0.250. The molecule has 0 unspecified atom stereocenters. The Morgan fingerprint density at radius 3 is 1.52 bits per heavy atom. The predicted molar refractivity (Wildman–Crippen MR) is 91.3 cm³/mol. The van der Waals surface area contributed by atoms with Crippen molar-refractivity contribution in [1.82, 2.24) is 0 Å². The highest BCUT2D eigenvalue weighted by molar-refractivity contribution is 7.97. The van der Waals surface area contributed by atoms with Gasteiger partial charge in [0.25, 0.3) is 0 Å². The van der Waals surface area contributed by atoms with E-state index in [1.165, 1.54) is 0 Å². The summed E-state index contributed by atoms with van der Waals surface area (Å²) in [6.45, 7) is 4.16. The second-order valence-electron chi connectivity index (χ2n) is 5.74. The Morgan fingerprint density at radius 1 is 0.810 bits per heavy atom. The van der Waals surface area contributed by atoms with E-state index in [-0.39, 0.29) is 11.5 Å². The van der Waals surface area contributed by atoms with Gasteiger partial charge in [-0.2, -0.15) is 0 Å². The molecule has 0 N–H and O–H groups in total. The number of hydrogen-bond donors (Lipinski definition) is 0. The van der Waals surface area contributed by atoms with Gasteiger partial charge in [0.1, 0.15) is 0 Å². The van der Waals surface area contributed by atoms with Gasteiger partial charge in [-0.1, -0.05) is 39.5 Å². The van der Waals surface area contributed by atoms with Crippen LogP contribution in [0.5, 0.6) is 0 Å². The van der Waals surface area contributed by atoms with Crippen LogP contribution in [0.3, 0.4) is 0 Å². The molecule has 4 nitrogen and oxygen atoms in total. The molecule has 1 rings (SSSR count). The minimum absolute atomic E-state index is 0.0457. The normalized spacial score (nSPS) is 27.5. The summed E-state index contributed by atoms with van der Waals surface area (Å²) in [5.41, 5.74) is 0. The lowest BCUT2D eigenvalue weighted by Crippen LogP contribution is -2.34. The van der Waals surface area contributed by atoms with Crippen molar-refractivity contribution in [1.29, 1.82) is 0 Å². The molecular weight excluding hydrogens is 328 g/mol. The van der Waals surface area contributed by atoms with Crippen LogP contribution in [-0.2, 0) is 31.4 Å². The van der Waals surface area contributed by atoms with Gasteiger partial charge < -0.3 is 0 Å². The van der Waals surface area contributed by atoms with Gasteiger partial charge in [-0.25, -0.2) is 8.42 Å². The summed E-state index contributed by atoms with van der Waals surface area (Å²) in [5, 5.41) is -0.844. The average molecular weight is 357 g/mol. The number of unbranched alkanes of at least 4 members (excludes halogenated alkanes) is 4. The van der Waals surface area contributed by atoms with Gasteiger partial charge in [0.05, 0.1) is 22.0 Å². The number of rotatable bonds is 10. The molecule has 1 heterocycles. The zero-order valence-electron chi connectivity index (χ0n) is 13.1.